The van der Waals surface area contributed by atoms with Crippen LogP contribution in [0.1, 0.15) is 11.4 Å². The maximum atomic E-state index is 12.6. The summed E-state index contributed by atoms with van der Waals surface area (Å²) < 4.78 is 39.5. The Labute approximate surface area is 110 Å². The van der Waals surface area contributed by atoms with Gasteiger partial charge in [0, 0.05) is 12.6 Å². The van der Waals surface area contributed by atoms with E-state index in [1.807, 2.05) is 0 Å². The molecule has 3 nitrogen and oxygen atoms in total. The lowest BCUT2D eigenvalue weighted by molar-refractivity contribution is -0.137. The molecule has 1 aromatic heterocycles. The van der Waals surface area contributed by atoms with Crippen molar-refractivity contribution in [3.05, 3.63) is 35.7 Å². The Balaban J connectivity index is 2.48. The van der Waals surface area contributed by atoms with Crippen LogP contribution in [0.15, 0.2) is 24.3 Å². The van der Waals surface area contributed by atoms with Crippen LogP contribution < -0.4 is 0 Å². The van der Waals surface area contributed by atoms with Crippen LogP contribution in [0, 0.1) is 0 Å². The van der Waals surface area contributed by atoms with Crippen molar-refractivity contribution in [3.63, 3.8) is 0 Å². The van der Waals surface area contributed by atoms with E-state index in [2.05, 4.69) is 26.1 Å². The van der Waals surface area contributed by atoms with E-state index in [0.29, 0.717) is 22.5 Å². The maximum absolute atomic E-state index is 12.6. The van der Waals surface area contributed by atoms with Crippen molar-refractivity contribution in [2.24, 2.45) is 7.05 Å². The minimum absolute atomic E-state index is 0.395. The van der Waals surface area contributed by atoms with Crippen molar-refractivity contribution in [3.8, 4) is 11.4 Å². The normalized spacial score (nSPS) is 11.8. The molecule has 0 saturated heterocycles. The summed E-state index contributed by atoms with van der Waals surface area (Å²) >= 11 is 3.24. The first kappa shape index (κ1) is 13.1. The van der Waals surface area contributed by atoms with Crippen LogP contribution in [-0.2, 0) is 18.6 Å². The Morgan fingerprint density at radius 3 is 2.56 bits per heavy atom. The van der Waals surface area contributed by atoms with E-state index in [0.717, 1.165) is 12.1 Å². The molecule has 1 heterocycles. The third-order valence-electron chi connectivity index (χ3n) is 2.53. The van der Waals surface area contributed by atoms with Gasteiger partial charge in [-0.2, -0.15) is 13.2 Å². The number of halogens is 4. The highest BCUT2D eigenvalue weighted by atomic mass is 79.9. The lowest BCUT2D eigenvalue weighted by Gasteiger charge is -2.08. The monoisotopic (exact) mass is 319 g/mol. The summed E-state index contributed by atoms with van der Waals surface area (Å²) in [6, 6.07) is 5.05. The van der Waals surface area contributed by atoms with Crippen molar-refractivity contribution >= 4 is 15.9 Å². The zero-order chi connectivity index (χ0) is 13.3. The highest BCUT2D eigenvalue weighted by Gasteiger charge is 2.30. The molecule has 0 fully saturated rings. The zero-order valence-electron chi connectivity index (χ0n) is 9.37. The second kappa shape index (κ2) is 4.72. The molecular formula is C11H9BrF3N3. The van der Waals surface area contributed by atoms with E-state index in [-0.39, 0.29) is 0 Å². The highest BCUT2D eigenvalue weighted by Crippen LogP contribution is 2.31. The molecular weight excluding hydrogens is 311 g/mol. The molecule has 0 aliphatic carbocycles. The third-order valence-corrected chi connectivity index (χ3v) is 3.03. The van der Waals surface area contributed by atoms with Gasteiger partial charge in [-0.1, -0.05) is 28.1 Å². The Kier molecular flexibility index (Phi) is 3.43. The van der Waals surface area contributed by atoms with Crippen LogP contribution in [0.2, 0.25) is 0 Å². The SMILES string of the molecule is Cn1c(CBr)nnc1-c1cccc(C(F)(F)F)c1. The lowest BCUT2D eigenvalue weighted by atomic mass is 10.1. The number of rotatable bonds is 2. The largest absolute Gasteiger partial charge is 0.416 e. The van der Waals surface area contributed by atoms with Crippen molar-refractivity contribution in [1.29, 1.82) is 0 Å². The second-order valence-corrected chi connectivity index (χ2v) is 4.27. The minimum atomic E-state index is -4.35. The number of hydrogen-bond donors (Lipinski definition) is 0. The van der Waals surface area contributed by atoms with Gasteiger partial charge in [0.2, 0.25) is 0 Å². The predicted molar refractivity (Wildman–Crippen MR) is 64.1 cm³/mol. The zero-order valence-corrected chi connectivity index (χ0v) is 11.0. The molecule has 0 N–H and O–H groups in total. The Bertz CT molecular complexity index is 563. The molecule has 18 heavy (non-hydrogen) atoms. The smallest absolute Gasteiger partial charge is 0.313 e. The van der Waals surface area contributed by atoms with Gasteiger partial charge in [-0.25, -0.2) is 0 Å². The molecule has 0 unspecified atom stereocenters. The minimum Gasteiger partial charge on any atom is -0.313 e. The molecule has 0 amide bonds. The molecule has 7 heteroatoms. The van der Waals surface area contributed by atoms with Gasteiger partial charge in [-0.15, -0.1) is 10.2 Å². The van der Waals surface area contributed by atoms with E-state index in [4.69, 9.17) is 0 Å². The predicted octanol–water partition coefficient (Wildman–Crippen LogP) is 3.40. The lowest BCUT2D eigenvalue weighted by Crippen LogP contribution is -2.05. The number of alkyl halides is 4. The van der Waals surface area contributed by atoms with Gasteiger partial charge < -0.3 is 4.57 Å². The Morgan fingerprint density at radius 2 is 2.00 bits per heavy atom. The molecule has 0 aliphatic rings. The van der Waals surface area contributed by atoms with Gasteiger partial charge in [0.05, 0.1) is 10.9 Å². The number of hydrogen-bond acceptors (Lipinski definition) is 2. The molecule has 0 aliphatic heterocycles. The van der Waals surface area contributed by atoms with E-state index in [1.54, 1.807) is 17.7 Å². The highest BCUT2D eigenvalue weighted by molar-refractivity contribution is 9.08. The first-order valence-corrected chi connectivity index (χ1v) is 6.17. The van der Waals surface area contributed by atoms with Crippen molar-refractivity contribution in [2.75, 3.05) is 0 Å². The van der Waals surface area contributed by atoms with Crippen LogP contribution in [0.25, 0.3) is 11.4 Å². The second-order valence-electron chi connectivity index (χ2n) is 3.71. The van der Waals surface area contributed by atoms with Gasteiger partial charge in [0.1, 0.15) is 5.82 Å². The average Bonchev–Trinajstić information content (AvgIpc) is 2.69. The van der Waals surface area contributed by atoms with Gasteiger partial charge >= 0.3 is 6.18 Å². The molecule has 2 aromatic rings. The van der Waals surface area contributed by atoms with Gasteiger partial charge in [0.25, 0.3) is 0 Å². The average molecular weight is 320 g/mol. The van der Waals surface area contributed by atoms with Crippen LogP contribution >= 0.6 is 15.9 Å². The fraction of sp³-hybridized carbons (Fsp3) is 0.273. The number of aromatic nitrogens is 3. The molecule has 0 saturated carbocycles. The van der Waals surface area contributed by atoms with Crippen LogP contribution in [-0.4, -0.2) is 14.8 Å². The fourth-order valence-corrected chi connectivity index (χ4v) is 2.05. The molecule has 0 atom stereocenters. The van der Waals surface area contributed by atoms with E-state index < -0.39 is 11.7 Å². The summed E-state index contributed by atoms with van der Waals surface area (Å²) in [5, 5.41) is 8.28. The van der Waals surface area contributed by atoms with Gasteiger partial charge in [-0.05, 0) is 12.1 Å². The van der Waals surface area contributed by atoms with Crippen molar-refractivity contribution in [2.45, 2.75) is 11.5 Å². The maximum Gasteiger partial charge on any atom is 0.416 e. The van der Waals surface area contributed by atoms with Crippen LogP contribution in [0.3, 0.4) is 0 Å². The molecule has 0 spiro atoms. The number of nitrogens with zero attached hydrogens (tertiary/aromatic N) is 3. The van der Waals surface area contributed by atoms with Crippen LogP contribution in [0.5, 0.6) is 0 Å². The molecule has 2 rings (SSSR count). The van der Waals surface area contributed by atoms with Crippen molar-refractivity contribution < 1.29 is 13.2 Å². The summed E-state index contributed by atoms with van der Waals surface area (Å²) in [5.74, 6) is 1.07. The van der Waals surface area contributed by atoms with E-state index in [1.165, 1.54) is 6.07 Å². The molecule has 96 valence electrons. The van der Waals surface area contributed by atoms with Gasteiger partial charge in [0.15, 0.2) is 5.82 Å². The summed E-state index contributed by atoms with van der Waals surface area (Å²) in [6.45, 7) is 0. The summed E-state index contributed by atoms with van der Waals surface area (Å²) in [6.07, 6.45) is -4.35. The Hall–Kier alpha value is -1.37. The topological polar surface area (TPSA) is 30.7 Å². The molecule has 0 bridgehead atoms. The van der Waals surface area contributed by atoms with E-state index >= 15 is 0 Å². The molecule has 0 radical (unpaired) electrons. The number of benzene rings is 1. The first-order valence-electron chi connectivity index (χ1n) is 5.05. The van der Waals surface area contributed by atoms with Crippen LogP contribution in [0.4, 0.5) is 13.2 Å². The fourth-order valence-electron chi connectivity index (χ4n) is 1.56. The summed E-state index contributed by atoms with van der Waals surface area (Å²) in [5.41, 5.74) is -0.296. The van der Waals surface area contributed by atoms with Gasteiger partial charge in [-0.3, -0.25) is 0 Å². The first-order chi connectivity index (χ1) is 8.43. The summed E-state index contributed by atoms with van der Waals surface area (Å²) in [4.78, 5) is 0. The van der Waals surface area contributed by atoms with Crippen molar-refractivity contribution in [1.82, 2.24) is 14.8 Å². The quantitative estimate of drug-likeness (QED) is 0.794. The van der Waals surface area contributed by atoms with E-state index in [9.17, 15) is 13.2 Å². The standard InChI is InChI=1S/C11H9BrF3N3/c1-18-9(6-12)16-17-10(18)7-3-2-4-8(5-7)11(13,14)15/h2-5H,6H2,1H3. The third kappa shape index (κ3) is 2.40. The summed E-state index contributed by atoms with van der Waals surface area (Å²) in [7, 11) is 1.71. The molecule has 1 aromatic carbocycles. The Morgan fingerprint density at radius 1 is 1.28 bits per heavy atom.